The SMILES string of the molecule is C#CCl.CCC[CH2][Sn]([CH2]CCC)[CH2]CCC. The van der Waals surface area contributed by atoms with Crippen LogP contribution in [0.1, 0.15) is 59.3 Å². The first-order valence-corrected chi connectivity index (χ1v) is 13.1. The molecule has 0 aromatic carbocycles. The minimum absolute atomic E-state index is 0.839. The molecule has 0 aliphatic heterocycles. The first kappa shape index (κ1) is 19.0. The molecular formula is C14H28ClSn. The Kier molecular flexibility index (Phi) is 21.4. The molecule has 0 heterocycles. The standard InChI is InChI=1S/3C4H9.C2HCl.Sn/c3*1-3-4-2;1-2-3;/h3*1,3-4H2,2H3;1H;. The van der Waals surface area contributed by atoms with Gasteiger partial charge in [0, 0.05) is 5.38 Å². The van der Waals surface area contributed by atoms with Gasteiger partial charge in [0.25, 0.3) is 0 Å². The molecule has 0 rings (SSSR count). The summed E-state index contributed by atoms with van der Waals surface area (Å²) in [5, 5.41) is 1.72. The van der Waals surface area contributed by atoms with E-state index in [2.05, 4.69) is 38.8 Å². The van der Waals surface area contributed by atoms with Crippen LogP contribution in [0.15, 0.2) is 0 Å². The topological polar surface area (TPSA) is 0 Å². The van der Waals surface area contributed by atoms with E-state index in [0.717, 1.165) is 0 Å². The van der Waals surface area contributed by atoms with E-state index in [1.54, 1.807) is 18.7 Å². The average Bonchev–Trinajstić information content (AvgIpc) is 2.29. The summed E-state index contributed by atoms with van der Waals surface area (Å²) in [6, 6.07) is 0. The van der Waals surface area contributed by atoms with Gasteiger partial charge in [-0.1, -0.05) is 0 Å². The van der Waals surface area contributed by atoms with E-state index in [4.69, 9.17) is 0 Å². The van der Waals surface area contributed by atoms with Crippen LogP contribution in [-0.4, -0.2) is 19.8 Å². The van der Waals surface area contributed by atoms with E-state index >= 15 is 0 Å². The molecule has 0 unspecified atom stereocenters. The van der Waals surface area contributed by atoms with Crippen LogP contribution in [0, 0.1) is 11.8 Å². The quantitative estimate of drug-likeness (QED) is 0.370. The Labute approximate surface area is 115 Å². The fraction of sp³-hybridized carbons (Fsp3) is 0.857. The molecule has 0 aromatic rings. The zero-order valence-electron chi connectivity index (χ0n) is 11.3. The van der Waals surface area contributed by atoms with Crippen molar-refractivity contribution < 1.29 is 0 Å². The van der Waals surface area contributed by atoms with Crippen molar-refractivity contribution in [2.45, 2.75) is 72.6 Å². The summed E-state index contributed by atoms with van der Waals surface area (Å²) in [5.74, 6) is 0. The molecule has 0 fully saturated rings. The normalized spacial score (nSPS) is 9.50. The summed E-state index contributed by atoms with van der Waals surface area (Å²) in [5.41, 5.74) is 0. The van der Waals surface area contributed by atoms with Crippen molar-refractivity contribution in [2.75, 3.05) is 0 Å². The second-order valence-electron chi connectivity index (χ2n) is 4.17. The monoisotopic (exact) mass is 351 g/mol. The Morgan fingerprint density at radius 3 is 1.31 bits per heavy atom. The van der Waals surface area contributed by atoms with Gasteiger partial charge in [-0.05, 0) is 11.6 Å². The summed E-state index contributed by atoms with van der Waals surface area (Å²) in [4.78, 5) is 0. The first-order valence-electron chi connectivity index (χ1n) is 6.66. The second kappa shape index (κ2) is 18.0. The number of rotatable bonds is 9. The van der Waals surface area contributed by atoms with Gasteiger partial charge in [0.05, 0.1) is 0 Å². The Morgan fingerprint density at radius 1 is 0.875 bits per heavy atom. The van der Waals surface area contributed by atoms with Gasteiger partial charge in [0.15, 0.2) is 0 Å². The molecule has 0 saturated heterocycles. The van der Waals surface area contributed by atoms with Gasteiger partial charge < -0.3 is 0 Å². The predicted molar refractivity (Wildman–Crippen MR) is 79.6 cm³/mol. The van der Waals surface area contributed by atoms with Crippen molar-refractivity contribution in [1.29, 1.82) is 0 Å². The first-order chi connectivity index (χ1) is 7.76. The van der Waals surface area contributed by atoms with Crippen LogP contribution >= 0.6 is 11.6 Å². The van der Waals surface area contributed by atoms with Gasteiger partial charge in [-0.15, -0.1) is 6.42 Å². The predicted octanol–water partition coefficient (Wildman–Crippen LogP) is 5.70. The molecule has 0 amide bonds. The van der Waals surface area contributed by atoms with Crippen LogP contribution in [-0.2, 0) is 0 Å². The number of unbranched alkanes of at least 4 members (excludes halogenated alkanes) is 3. The van der Waals surface area contributed by atoms with Crippen LogP contribution < -0.4 is 0 Å². The van der Waals surface area contributed by atoms with Crippen LogP contribution in [0.5, 0.6) is 0 Å². The van der Waals surface area contributed by atoms with Gasteiger partial charge in [-0.2, -0.15) is 0 Å². The summed E-state index contributed by atoms with van der Waals surface area (Å²) in [6.45, 7) is 7.00. The molecule has 16 heavy (non-hydrogen) atoms. The maximum atomic E-state index is 4.53. The van der Waals surface area contributed by atoms with Crippen molar-refractivity contribution in [1.82, 2.24) is 0 Å². The maximum absolute atomic E-state index is 4.53. The Morgan fingerprint density at radius 2 is 1.12 bits per heavy atom. The van der Waals surface area contributed by atoms with Gasteiger partial charge in [0.2, 0.25) is 0 Å². The van der Waals surface area contributed by atoms with E-state index in [1.807, 2.05) is 0 Å². The number of terminal acetylenes is 1. The van der Waals surface area contributed by atoms with Crippen LogP contribution in [0.4, 0.5) is 0 Å². The van der Waals surface area contributed by atoms with E-state index in [0.29, 0.717) is 0 Å². The fourth-order valence-electron chi connectivity index (χ4n) is 1.66. The summed E-state index contributed by atoms with van der Waals surface area (Å²) in [7, 11) is 0. The molecule has 0 saturated carbocycles. The molecular weight excluding hydrogens is 322 g/mol. The third-order valence-electron chi connectivity index (χ3n) is 2.65. The third kappa shape index (κ3) is 17.1. The van der Waals surface area contributed by atoms with Crippen molar-refractivity contribution in [3.05, 3.63) is 0 Å². The molecule has 1 radical (unpaired) electrons. The van der Waals surface area contributed by atoms with E-state index in [9.17, 15) is 0 Å². The summed E-state index contributed by atoms with van der Waals surface area (Å²) >= 11 is 3.69. The Hall–Kier alpha value is 0.649. The molecule has 0 aliphatic carbocycles. The zero-order chi connectivity index (χ0) is 12.6. The molecule has 0 N–H and O–H groups in total. The van der Waals surface area contributed by atoms with Crippen LogP contribution in [0.2, 0.25) is 13.3 Å². The zero-order valence-corrected chi connectivity index (χ0v) is 14.9. The van der Waals surface area contributed by atoms with Crippen molar-refractivity contribution in [3.63, 3.8) is 0 Å². The average molecular weight is 351 g/mol. The van der Waals surface area contributed by atoms with Gasteiger partial charge in [-0.3, -0.25) is 0 Å². The number of halogens is 1. The number of hydrogen-bond acceptors (Lipinski definition) is 0. The van der Waals surface area contributed by atoms with Crippen molar-refractivity contribution >= 4 is 31.4 Å². The molecule has 2 heteroatoms. The minimum atomic E-state index is -0.839. The molecule has 0 aromatic heterocycles. The number of hydrogen-bond donors (Lipinski definition) is 0. The van der Waals surface area contributed by atoms with Gasteiger partial charge in [0.1, 0.15) is 0 Å². The van der Waals surface area contributed by atoms with Gasteiger partial charge >= 0.3 is 92.4 Å². The summed E-state index contributed by atoms with van der Waals surface area (Å²) in [6.07, 6.45) is 13.2. The fourth-order valence-corrected chi connectivity index (χ4v) is 11.1. The molecule has 0 spiro atoms. The molecule has 0 nitrogen and oxygen atoms in total. The summed E-state index contributed by atoms with van der Waals surface area (Å²) < 4.78 is 5.04. The molecule has 0 atom stereocenters. The van der Waals surface area contributed by atoms with Gasteiger partial charge in [-0.25, -0.2) is 0 Å². The van der Waals surface area contributed by atoms with Crippen molar-refractivity contribution in [2.24, 2.45) is 0 Å². The van der Waals surface area contributed by atoms with E-state index in [1.165, 1.54) is 38.5 Å². The van der Waals surface area contributed by atoms with Crippen LogP contribution in [0.25, 0.3) is 0 Å². The molecule has 95 valence electrons. The third-order valence-corrected chi connectivity index (χ3v) is 11.7. The second-order valence-corrected chi connectivity index (χ2v) is 13.0. The van der Waals surface area contributed by atoms with E-state index in [-0.39, 0.29) is 0 Å². The van der Waals surface area contributed by atoms with Crippen molar-refractivity contribution in [3.8, 4) is 11.8 Å². The Bertz CT molecular complexity index is 132. The molecule has 0 aliphatic rings. The Balaban J connectivity index is 0. The van der Waals surface area contributed by atoms with E-state index < -0.39 is 19.8 Å². The molecule has 0 bridgehead atoms. The van der Waals surface area contributed by atoms with Crippen LogP contribution in [0.3, 0.4) is 0 Å².